The molecule has 0 heterocycles. The van der Waals surface area contributed by atoms with Crippen LogP contribution in [0.3, 0.4) is 0 Å². The molecular formula is C21H27KO5S. The van der Waals surface area contributed by atoms with Crippen LogP contribution in [0.4, 0.5) is 0 Å². The van der Waals surface area contributed by atoms with Gasteiger partial charge in [-0.2, -0.15) is 8.42 Å². The van der Waals surface area contributed by atoms with Gasteiger partial charge in [-0.3, -0.25) is 4.55 Å². The summed E-state index contributed by atoms with van der Waals surface area (Å²) in [4.78, 5) is -0.164. The second-order valence-electron chi connectivity index (χ2n) is 6.66. The summed E-state index contributed by atoms with van der Waals surface area (Å²) in [7, 11) is -4.29. The molecule has 2 aromatic carbocycles. The predicted octanol–water partition coefficient (Wildman–Crippen LogP) is 2.10. The van der Waals surface area contributed by atoms with Crippen molar-refractivity contribution in [3.63, 3.8) is 0 Å². The molecule has 2 aromatic rings. The maximum Gasteiger partial charge on any atom is 1.00 e. The summed E-state index contributed by atoms with van der Waals surface area (Å²) in [6.45, 7) is 2.18. The molecule has 0 spiro atoms. The number of aryl methyl sites for hydroxylation is 1. The zero-order chi connectivity index (χ0) is 19.7. The third kappa shape index (κ3) is 8.53. The molecule has 0 aliphatic rings. The van der Waals surface area contributed by atoms with Crippen molar-refractivity contribution >= 4 is 10.1 Å². The Bertz CT molecular complexity index is 836. The smallest absolute Gasteiger partial charge is 0.870 e. The van der Waals surface area contributed by atoms with Gasteiger partial charge in [0.25, 0.3) is 10.1 Å². The molecular weight excluding hydrogens is 403 g/mol. The van der Waals surface area contributed by atoms with Crippen molar-refractivity contribution < 1.29 is 74.2 Å². The van der Waals surface area contributed by atoms with Crippen molar-refractivity contribution in [1.82, 2.24) is 0 Å². The normalized spacial score (nSPS) is 11.1. The monoisotopic (exact) mass is 430 g/mol. The van der Waals surface area contributed by atoms with Crippen LogP contribution in [0, 0.1) is 0 Å². The van der Waals surface area contributed by atoms with Gasteiger partial charge in [-0.15, -0.1) is 0 Å². The number of ether oxygens (including phenoxy) is 1. The summed E-state index contributed by atoms with van der Waals surface area (Å²) >= 11 is 0. The minimum absolute atomic E-state index is 0. The summed E-state index contributed by atoms with van der Waals surface area (Å²) in [5, 5.41) is 11.9. The standard InChI is InChI=1S/C21H28O5S.K/c1-2-3-4-5-6-7-8-11-17-16-18(27(23,24)25)14-15-20(17)26-21-13-10-9-12-19(21)22;/h9-10,12-16,22H,2-8,11H2,1H3,(H,23,24,25);/q;+1/p-1. The molecule has 1 N–H and O–H groups in total. The molecule has 148 valence electrons. The Hall–Kier alpha value is -0.414. The van der Waals surface area contributed by atoms with Crippen LogP contribution >= 0.6 is 0 Å². The summed E-state index contributed by atoms with van der Waals surface area (Å²) in [5.74, 6) is 0.396. The summed E-state index contributed by atoms with van der Waals surface area (Å²) < 4.78 is 37.9. The van der Waals surface area contributed by atoms with Crippen LogP contribution in [0.25, 0.3) is 0 Å². The van der Waals surface area contributed by atoms with Crippen LogP contribution in [-0.4, -0.2) is 13.0 Å². The topological polar surface area (TPSA) is 86.7 Å². The average Bonchev–Trinajstić information content (AvgIpc) is 2.63. The van der Waals surface area contributed by atoms with Gasteiger partial charge in [0.2, 0.25) is 0 Å². The molecule has 7 heteroatoms. The minimum atomic E-state index is -4.29. The van der Waals surface area contributed by atoms with Crippen LogP contribution in [0.2, 0.25) is 0 Å². The zero-order valence-electron chi connectivity index (χ0n) is 16.7. The van der Waals surface area contributed by atoms with Crippen molar-refractivity contribution in [3.05, 3.63) is 48.0 Å². The van der Waals surface area contributed by atoms with Gasteiger partial charge in [0, 0.05) is 0 Å². The summed E-state index contributed by atoms with van der Waals surface area (Å²) in [6, 6.07) is 10.5. The van der Waals surface area contributed by atoms with Crippen molar-refractivity contribution in [1.29, 1.82) is 0 Å². The quantitative estimate of drug-likeness (QED) is 0.335. The van der Waals surface area contributed by atoms with Gasteiger partial charge in [-0.05, 0) is 42.7 Å². The van der Waals surface area contributed by atoms with E-state index in [1.165, 1.54) is 49.9 Å². The van der Waals surface area contributed by atoms with Crippen molar-refractivity contribution in [3.8, 4) is 17.2 Å². The van der Waals surface area contributed by atoms with E-state index in [0.29, 0.717) is 17.7 Å². The Morgan fingerprint density at radius 1 is 0.929 bits per heavy atom. The van der Waals surface area contributed by atoms with Crippen molar-refractivity contribution in [2.75, 3.05) is 0 Å². The number of benzene rings is 2. The minimum Gasteiger partial charge on any atom is -0.870 e. The van der Waals surface area contributed by atoms with Crippen molar-refractivity contribution in [2.24, 2.45) is 0 Å². The summed E-state index contributed by atoms with van der Waals surface area (Å²) in [6.07, 6.45) is 8.58. The van der Waals surface area contributed by atoms with Gasteiger partial charge in [0.1, 0.15) is 11.5 Å². The van der Waals surface area contributed by atoms with Crippen LogP contribution in [-0.2, 0) is 16.5 Å². The van der Waals surface area contributed by atoms with Crippen LogP contribution in [0.1, 0.15) is 57.4 Å². The van der Waals surface area contributed by atoms with Gasteiger partial charge >= 0.3 is 51.4 Å². The molecule has 0 saturated heterocycles. The summed E-state index contributed by atoms with van der Waals surface area (Å²) in [5.41, 5.74) is 0.668. The first-order valence-corrected chi connectivity index (χ1v) is 10.9. The zero-order valence-corrected chi connectivity index (χ0v) is 20.6. The molecule has 0 aliphatic heterocycles. The Balaban J connectivity index is 0.00000392. The Labute approximate surface area is 210 Å². The third-order valence-electron chi connectivity index (χ3n) is 4.45. The largest absolute Gasteiger partial charge is 1.00 e. The number of hydrogen-bond donors (Lipinski definition) is 1. The molecule has 0 aliphatic carbocycles. The van der Waals surface area contributed by atoms with E-state index in [4.69, 9.17) is 4.74 Å². The Kier molecular flexibility index (Phi) is 11.9. The predicted molar refractivity (Wildman–Crippen MR) is 104 cm³/mol. The first-order chi connectivity index (χ1) is 12.9. The maximum absolute atomic E-state index is 11.9. The molecule has 5 nitrogen and oxygen atoms in total. The second kappa shape index (κ2) is 13.0. The van der Waals surface area contributed by atoms with Gasteiger partial charge in [0.15, 0.2) is 0 Å². The second-order valence-corrected chi connectivity index (χ2v) is 8.09. The molecule has 0 aromatic heterocycles. The first kappa shape index (κ1) is 25.6. The molecule has 0 amide bonds. The van der Waals surface area contributed by atoms with E-state index in [0.717, 1.165) is 19.3 Å². The Morgan fingerprint density at radius 3 is 2.21 bits per heavy atom. The number of unbranched alkanes of at least 4 members (excludes halogenated alkanes) is 6. The SMILES string of the molecule is CCCCCCCCCc1cc(S(=O)(=O)O)ccc1Oc1ccccc1[O-].[K+]. The molecule has 0 unspecified atom stereocenters. The average molecular weight is 431 g/mol. The van der Waals surface area contributed by atoms with Gasteiger partial charge < -0.3 is 9.84 Å². The molecule has 0 bridgehead atoms. The van der Waals surface area contributed by atoms with Crippen molar-refractivity contribution in [2.45, 2.75) is 63.2 Å². The molecule has 0 atom stereocenters. The van der Waals surface area contributed by atoms with Crippen LogP contribution in [0.15, 0.2) is 47.4 Å². The molecule has 2 rings (SSSR count). The molecule has 0 saturated carbocycles. The van der Waals surface area contributed by atoms with Crippen LogP contribution in [0.5, 0.6) is 17.2 Å². The molecule has 0 radical (unpaired) electrons. The van der Waals surface area contributed by atoms with Crippen LogP contribution < -0.4 is 61.2 Å². The fraction of sp³-hybridized carbons (Fsp3) is 0.429. The number of para-hydroxylation sites is 2. The Morgan fingerprint density at radius 2 is 1.57 bits per heavy atom. The van der Waals surface area contributed by atoms with E-state index in [1.54, 1.807) is 18.2 Å². The fourth-order valence-electron chi connectivity index (χ4n) is 2.94. The molecule has 0 fully saturated rings. The third-order valence-corrected chi connectivity index (χ3v) is 5.30. The van der Waals surface area contributed by atoms with Gasteiger partial charge in [-0.25, -0.2) is 0 Å². The maximum atomic E-state index is 11.9. The van der Waals surface area contributed by atoms with Gasteiger partial charge in [0.05, 0.1) is 4.90 Å². The number of hydrogen-bond acceptors (Lipinski definition) is 4. The molecule has 28 heavy (non-hydrogen) atoms. The van der Waals surface area contributed by atoms with E-state index < -0.39 is 10.1 Å². The van der Waals surface area contributed by atoms with E-state index in [2.05, 4.69) is 6.92 Å². The van der Waals surface area contributed by atoms with E-state index in [9.17, 15) is 18.1 Å². The van der Waals surface area contributed by atoms with Gasteiger partial charge in [-0.1, -0.05) is 69.4 Å². The fourth-order valence-corrected chi connectivity index (χ4v) is 3.47. The first-order valence-electron chi connectivity index (χ1n) is 9.46. The number of rotatable bonds is 11. The van der Waals surface area contributed by atoms with E-state index in [-0.39, 0.29) is 67.8 Å². The van der Waals surface area contributed by atoms with E-state index >= 15 is 0 Å². The van der Waals surface area contributed by atoms with E-state index in [1.807, 2.05) is 0 Å².